The lowest BCUT2D eigenvalue weighted by atomic mass is 9.97. The molecule has 8 heteroatoms. The van der Waals surface area contributed by atoms with E-state index >= 15 is 0 Å². The van der Waals surface area contributed by atoms with Crippen LogP contribution < -0.4 is 15.0 Å². The van der Waals surface area contributed by atoms with Crippen molar-refractivity contribution in [1.82, 2.24) is 9.97 Å². The van der Waals surface area contributed by atoms with Crippen LogP contribution in [0.2, 0.25) is 0 Å². The van der Waals surface area contributed by atoms with Gasteiger partial charge in [0.25, 0.3) is 0 Å². The number of hydrogen-bond acceptors (Lipinski definition) is 7. The van der Waals surface area contributed by atoms with Gasteiger partial charge in [-0.25, -0.2) is 9.97 Å². The van der Waals surface area contributed by atoms with Gasteiger partial charge >= 0.3 is 0 Å². The molecule has 1 amide bonds. The minimum absolute atomic E-state index is 0.0424. The summed E-state index contributed by atoms with van der Waals surface area (Å²) in [5.41, 5.74) is 0.968. The van der Waals surface area contributed by atoms with Crippen LogP contribution in [0.5, 0.6) is 5.75 Å². The Kier molecular flexibility index (Phi) is 4.54. The highest BCUT2D eigenvalue weighted by Crippen LogP contribution is 2.33. The van der Waals surface area contributed by atoms with E-state index in [0.717, 1.165) is 40.5 Å². The van der Waals surface area contributed by atoms with Gasteiger partial charge in [0.05, 0.1) is 23.2 Å². The molecule has 0 aliphatic carbocycles. The predicted octanol–water partition coefficient (Wildman–Crippen LogP) is 3.62. The lowest BCUT2D eigenvalue weighted by molar-refractivity contribution is -0.120. The second kappa shape index (κ2) is 6.97. The number of fused-ring (bicyclic) bond motifs is 1. The minimum Gasteiger partial charge on any atom is -0.497 e. The molecule has 1 aromatic carbocycles. The summed E-state index contributed by atoms with van der Waals surface area (Å²) >= 11 is 3.09. The third-order valence-corrected chi connectivity index (χ3v) is 6.08. The fourth-order valence-electron chi connectivity index (χ4n) is 3.01. The van der Waals surface area contributed by atoms with Crippen molar-refractivity contribution >= 4 is 49.1 Å². The zero-order valence-corrected chi connectivity index (χ0v) is 15.4. The minimum atomic E-state index is -0.0424. The molecular weight excluding hydrogens is 356 g/mol. The summed E-state index contributed by atoms with van der Waals surface area (Å²) in [6.07, 6.45) is 3.57. The van der Waals surface area contributed by atoms with E-state index in [2.05, 4.69) is 15.2 Å². The van der Waals surface area contributed by atoms with Crippen LogP contribution in [-0.4, -0.2) is 36.1 Å². The summed E-state index contributed by atoms with van der Waals surface area (Å²) in [5.74, 6) is 0.837. The largest absolute Gasteiger partial charge is 0.497 e. The second-order valence-electron chi connectivity index (χ2n) is 5.94. The summed E-state index contributed by atoms with van der Waals surface area (Å²) in [6, 6.07) is 5.91. The van der Waals surface area contributed by atoms with E-state index in [-0.39, 0.29) is 11.8 Å². The van der Waals surface area contributed by atoms with Crippen molar-refractivity contribution in [3.63, 3.8) is 0 Å². The van der Waals surface area contributed by atoms with Crippen LogP contribution in [0.3, 0.4) is 0 Å². The molecule has 2 aromatic heterocycles. The highest BCUT2D eigenvalue weighted by Gasteiger charge is 2.28. The molecule has 1 unspecified atom stereocenters. The van der Waals surface area contributed by atoms with Gasteiger partial charge in [-0.3, -0.25) is 4.79 Å². The maximum atomic E-state index is 12.5. The van der Waals surface area contributed by atoms with E-state index in [1.165, 1.54) is 11.3 Å². The maximum absolute atomic E-state index is 12.5. The molecule has 0 bridgehead atoms. The molecule has 6 nitrogen and oxygen atoms in total. The van der Waals surface area contributed by atoms with E-state index < -0.39 is 0 Å². The number of anilines is 2. The Labute approximate surface area is 153 Å². The number of aromatic nitrogens is 2. The molecule has 4 rings (SSSR count). The van der Waals surface area contributed by atoms with Crippen molar-refractivity contribution in [1.29, 1.82) is 0 Å². The van der Waals surface area contributed by atoms with Crippen LogP contribution >= 0.6 is 22.7 Å². The Balaban J connectivity index is 1.49. The van der Waals surface area contributed by atoms with Crippen molar-refractivity contribution in [3.8, 4) is 5.75 Å². The number of carbonyl (C=O) groups excluding carboxylic acids is 1. The Morgan fingerprint density at radius 3 is 3.16 bits per heavy atom. The summed E-state index contributed by atoms with van der Waals surface area (Å²) < 4.78 is 6.38. The summed E-state index contributed by atoms with van der Waals surface area (Å²) in [6.45, 7) is 1.62. The van der Waals surface area contributed by atoms with Gasteiger partial charge in [-0.1, -0.05) is 11.3 Å². The number of piperidine rings is 1. The first kappa shape index (κ1) is 16.3. The number of hydrogen-bond donors (Lipinski definition) is 1. The summed E-state index contributed by atoms with van der Waals surface area (Å²) in [4.78, 5) is 23.6. The normalized spacial score (nSPS) is 17.6. The van der Waals surface area contributed by atoms with Crippen LogP contribution in [0.4, 0.5) is 10.3 Å². The highest BCUT2D eigenvalue weighted by molar-refractivity contribution is 7.22. The van der Waals surface area contributed by atoms with Crippen molar-refractivity contribution in [2.75, 3.05) is 30.4 Å². The summed E-state index contributed by atoms with van der Waals surface area (Å²) in [7, 11) is 1.67. The number of benzene rings is 1. The molecule has 1 N–H and O–H groups in total. The quantitative estimate of drug-likeness (QED) is 0.755. The molecule has 1 aliphatic rings. The number of nitrogens with zero attached hydrogens (tertiary/aromatic N) is 3. The van der Waals surface area contributed by atoms with Crippen molar-refractivity contribution in [2.45, 2.75) is 12.8 Å². The highest BCUT2D eigenvalue weighted by atomic mass is 32.1. The third-order valence-electron chi connectivity index (χ3n) is 4.31. The SMILES string of the molecule is COc1ccc2nc(N3CCCC(C(=O)Nc4nccs4)C3)sc2c1. The number of amides is 1. The number of rotatable bonds is 4. The monoisotopic (exact) mass is 374 g/mol. The number of methoxy groups -OCH3 is 1. The van der Waals surface area contributed by atoms with E-state index in [0.29, 0.717) is 11.7 Å². The molecule has 3 heterocycles. The van der Waals surface area contributed by atoms with Crippen LogP contribution in [0.15, 0.2) is 29.8 Å². The average Bonchev–Trinajstić information content (AvgIpc) is 3.30. The van der Waals surface area contributed by atoms with Gasteiger partial charge in [-0.15, -0.1) is 11.3 Å². The number of ether oxygens (including phenoxy) is 1. The van der Waals surface area contributed by atoms with Crippen LogP contribution in [0, 0.1) is 5.92 Å². The molecule has 0 radical (unpaired) electrons. The molecule has 1 fully saturated rings. The number of carbonyl (C=O) groups is 1. The molecule has 3 aromatic rings. The van der Waals surface area contributed by atoms with Gasteiger partial charge in [0.1, 0.15) is 5.75 Å². The van der Waals surface area contributed by atoms with Crippen LogP contribution in [0.1, 0.15) is 12.8 Å². The van der Waals surface area contributed by atoms with Gasteiger partial charge in [0.15, 0.2) is 10.3 Å². The fraction of sp³-hybridized carbons (Fsp3) is 0.353. The standard InChI is InChI=1S/C17H18N4O2S2/c1-23-12-4-5-13-14(9-12)25-17(19-13)21-7-2-3-11(10-21)15(22)20-16-18-6-8-24-16/h4-6,8-9,11H,2-3,7,10H2,1H3,(H,18,20,22). The van der Waals surface area contributed by atoms with Crippen LogP contribution in [0.25, 0.3) is 10.2 Å². The van der Waals surface area contributed by atoms with Crippen molar-refractivity contribution in [2.24, 2.45) is 5.92 Å². The van der Waals surface area contributed by atoms with Crippen molar-refractivity contribution in [3.05, 3.63) is 29.8 Å². The first-order chi connectivity index (χ1) is 12.2. The Bertz CT molecular complexity index is 878. The summed E-state index contributed by atoms with van der Waals surface area (Å²) in [5, 5.41) is 6.40. The molecule has 25 heavy (non-hydrogen) atoms. The van der Waals surface area contributed by atoms with Crippen LogP contribution in [-0.2, 0) is 4.79 Å². The van der Waals surface area contributed by atoms with Gasteiger partial charge in [-0.2, -0.15) is 0 Å². The number of nitrogens with one attached hydrogen (secondary N) is 1. The zero-order valence-electron chi connectivity index (χ0n) is 13.8. The zero-order chi connectivity index (χ0) is 17.2. The molecule has 130 valence electrons. The maximum Gasteiger partial charge on any atom is 0.231 e. The lowest BCUT2D eigenvalue weighted by Gasteiger charge is -2.31. The Hall–Kier alpha value is -2.19. The van der Waals surface area contributed by atoms with Gasteiger partial charge < -0.3 is 15.0 Å². The van der Waals surface area contributed by atoms with E-state index in [4.69, 9.17) is 9.72 Å². The third kappa shape index (κ3) is 3.45. The van der Waals surface area contributed by atoms with E-state index in [9.17, 15) is 4.79 Å². The predicted molar refractivity (Wildman–Crippen MR) is 102 cm³/mol. The number of thiazole rings is 2. The Morgan fingerprint density at radius 1 is 1.44 bits per heavy atom. The second-order valence-corrected chi connectivity index (χ2v) is 7.85. The lowest BCUT2D eigenvalue weighted by Crippen LogP contribution is -2.40. The van der Waals surface area contributed by atoms with Gasteiger partial charge in [0, 0.05) is 24.7 Å². The molecular formula is C17H18N4O2S2. The topological polar surface area (TPSA) is 67.3 Å². The van der Waals surface area contributed by atoms with Crippen molar-refractivity contribution < 1.29 is 9.53 Å². The van der Waals surface area contributed by atoms with Gasteiger partial charge in [-0.05, 0) is 31.0 Å². The molecule has 1 saturated heterocycles. The van der Waals surface area contributed by atoms with Gasteiger partial charge in [0.2, 0.25) is 5.91 Å². The Morgan fingerprint density at radius 2 is 2.36 bits per heavy atom. The first-order valence-corrected chi connectivity index (χ1v) is 9.82. The first-order valence-electron chi connectivity index (χ1n) is 8.13. The molecule has 1 aliphatic heterocycles. The smallest absolute Gasteiger partial charge is 0.231 e. The molecule has 0 saturated carbocycles. The van der Waals surface area contributed by atoms with E-state index in [1.807, 2.05) is 23.6 Å². The molecule has 1 atom stereocenters. The fourth-order valence-corrected chi connectivity index (χ4v) is 4.57. The van der Waals surface area contributed by atoms with E-state index in [1.54, 1.807) is 24.6 Å². The molecule has 0 spiro atoms. The average molecular weight is 374 g/mol.